The molecule has 212 valence electrons. The first-order valence-electron chi connectivity index (χ1n) is 12.0. The molecular formula is C28H36N2O9. The standard InChI is InChI=1S/C28H36N2O9/c1-16(24(32)18-13-22(36-6)25(38-8)23(14-18)37-7)11-17-9-10-21(35-5)19(12-17)29-26(33)20(15-31)30-27(34)39-28(2,3)4/h9-14,20,31H,15H2,1-8H3,(H,29,33)(H,30,34)/t20-/m0/s1. The van der Waals surface area contributed by atoms with E-state index in [-0.39, 0.29) is 11.5 Å². The molecule has 39 heavy (non-hydrogen) atoms. The van der Waals surface area contributed by atoms with Crippen molar-refractivity contribution < 1.29 is 43.2 Å². The van der Waals surface area contributed by atoms with Crippen molar-refractivity contribution in [2.45, 2.75) is 39.3 Å². The third-order valence-corrected chi connectivity index (χ3v) is 5.34. The Balaban J connectivity index is 2.31. The number of ether oxygens (including phenoxy) is 5. The first-order valence-corrected chi connectivity index (χ1v) is 12.0. The molecule has 0 radical (unpaired) electrons. The zero-order chi connectivity index (χ0) is 29.3. The Bertz CT molecular complexity index is 1210. The van der Waals surface area contributed by atoms with Crippen LogP contribution in [0.1, 0.15) is 43.6 Å². The van der Waals surface area contributed by atoms with Gasteiger partial charge in [0.1, 0.15) is 17.4 Å². The minimum Gasteiger partial charge on any atom is -0.495 e. The fourth-order valence-electron chi connectivity index (χ4n) is 3.53. The molecule has 0 aliphatic heterocycles. The van der Waals surface area contributed by atoms with E-state index in [1.54, 1.807) is 64.1 Å². The second-order valence-electron chi connectivity index (χ2n) is 9.40. The van der Waals surface area contributed by atoms with Crippen LogP contribution in [0.5, 0.6) is 23.0 Å². The SMILES string of the molecule is COc1ccc(C=C(C)C(=O)c2cc(OC)c(OC)c(OC)c2)cc1NC(=O)[C@H](CO)NC(=O)OC(C)(C)C. The Kier molecular flexibility index (Phi) is 10.7. The van der Waals surface area contributed by atoms with Crippen LogP contribution >= 0.6 is 0 Å². The highest BCUT2D eigenvalue weighted by Crippen LogP contribution is 2.38. The zero-order valence-electron chi connectivity index (χ0n) is 23.5. The maximum atomic E-state index is 13.2. The Hall–Kier alpha value is -4.25. The Morgan fingerprint density at radius 2 is 1.51 bits per heavy atom. The molecule has 11 nitrogen and oxygen atoms in total. The number of allylic oxidation sites excluding steroid dienone is 1. The average Bonchev–Trinajstić information content (AvgIpc) is 2.89. The molecule has 2 amide bonds. The number of anilines is 1. The van der Waals surface area contributed by atoms with Gasteiger partial charge in [-0.05, 0) is 69.2 Å². The predicted molar refractivity (Wildman–Crippen MR) is 146 cm³/mol. The fourth-order valence-corrected chi connectivity index (χ4v) is 3.53. The topological polar surface area (TPSA) is 142 Å². The monoisotopic (exact) mass is 544 g/mol. The molecule has 2 rings (SSSR count). The highest BCUT2D eigenvalue weighted by molar-refractivity contribution is 6.11. The number of aliphatic hydroxyl groups excluding tert-OH is 1. The maximum absolute atomic E-state index is 13.2. The van der Waals surface area contributed by atoms with Gasteiger partial charge < -0.3 is 39.4 Å². The number of aliphatic hydroxyl groups is 1. The van der Waals surface area contributed by atoms with E-state index in [0.29, 0.717) is 39.7 Å². The maximum Gasteiger partial charge on any atom is 0.408 e. The zero-order valence-corrected chi connectivity index (χ0v) is 23.5. The second kappa shape index (κ2) is 13.5. The van der Waals surface area contributed by atoms with Crippen LogP contribution in [-0.4, -0.2) is 69.6 Å². The first-order chi connectivity index (χ1) is 18.4. The number of alkyl carbamates (subject to hydrolysis) is 1. The van der Waals surface area contributed by atoms with Crippen LogP contribution in [-0.2, 0) is 9.53 Å². The molecule has 11 heteroatoms. The summed E-state index contributed by atoms with van der Waals surface area (Å²) in [6.45, 7) is 6.03. The largest absolute Gasteiger partial charge is 0.495 e. The lowest BCUT2D eigenvalue weighted by Crippen LogP contribution is -2.47. The molecule has 0 aliphatic rings. The molecule has 1 atom stereocenters. The number of methoxy groups -OCH3 is 4. The number of nitrogens with one attached hydrogen (secondary N) is 2. The lowest BCUT2D eigenvalue weighted by atomic mass is 10.0. The van der Waals surface area contributed by atoms with Crippen molar-refractivity contribution in [2.24, 2.45) is 0 Å². The third-order valence-electron chi connectivity index (χ3n) is 5.34. The summed E-state index contributed by atoms with van der Waals surface area (Å²) in [5.41, 5.74) is 0.812. The summed E-state index contributed by atoms with van der Waals surface area (Å²) in [7, 11) is 5.84. The van der Waals surface area contributed by atoms with Crippen molar-refractivity contribution in [3.05, 3.63) is 47.0 Å². The highest BCUT2D eigenvalue weighted by atomic mass is 16.6. The van der Waals surface area contributed by atoms with Gasteiger partial charge in [0.15, 0.2) is 17.3 Å². The Morgan fingerprint density at radius 1 is 0.923 bits per heavy atom. The lowest BCUT2D eigenvalue weighted by Gasteiger charge is -2.22. The number of rotatable bonds is 11. The summed E-state index contributed by atoms with van der Waals surface area (Å²) in [6, 6.07) is 6.79. The van der Waals surface area contributed by atoms with E-state index in [0.717, 1.165) is 0 Å². The van der Waals surface area contributed by atoms with Gasteiger partial charge in [-0.25, -0.2) is 4.79 Å². The van der Waals surface area contributed by atoms with E-state index in [2.05, 4.69) is 10.6 Å². The van der Waals surface area contributed by atoms with Crippen molar-refractivity contribution >= 4 is 29.5 Å². The van der Waals surface area contributed by atoms with Gasteiger partial charge in [-0.1, -0.05) is 6.07 Å². The van der Waals surface area contributed by atoms with E-state index in [9.17, 15) is 19.5 Å². The van der Waals surface area contributed by atoms with Crippen molar-refractivity contribution in [1.82, 2.24) is 5.32 Å². The molecule has 0 saturated heterocycles. The van der Waals surface area contributed by atoms with Gasteiger partial charge >= 0.3 is 6.09 Å². The van der Waals surface area contributed by atoms with Crippen LogP contribution in [0.15, 0.2) is 35.9 Å². The Morgan fingerprint density at radius 3 is 2.00 bits per heavy atom. The van der Waals surface area contributed by atoms with Gasteiger partial charge in [-0.3, -0.25) is 9.59 Å². The molecule has 3 N–H and O–H groups in total. The molecule has 0 heterocycles. The summed E-state index contributed by atoms with van der Waals surface area (Å²) >= 11 is 0. The van der Waals surface area contributed by atoms with E-state index in [1.165, 1.54) is 28.4 Å². The number of Topliss-reactive ketones (excluding diaryl/α,β-unsaturated/α-hetero) is 1. The predicted octanol–water partition coefficient (Wildman–Crippen LogP) is 3.83. The van der Waals surface area contributed by atoms with Crippen molar-refractivity contribution in [1.29, 1.82) is 0 Å². The second-order valence-corrected chi connectivity index (χ2v) is 9.40. The molecule has 0 saturated carbocycles. The summed E-state index contributed by atoms with van der Waals surface area (Å²) < 4.78 is 26.5. The molecule has 0 aromatic heterocycles. The van der Waals surface area contributed by atoms with Gasteiger partial charge in [0.2, 0.25) is 11.7 Å². The van der Waals surface area contributed by atoms with Gasteiger partial charge in [0, 0.05) is 5.56 Å². The molecule has 0 bridgehead atoms. The van der Waals surface area contributed by atoms with Crippen LogP contribution in [0.2, 0.25) is 0 Å². The number of hydrogen-bond donors (Lipinski definition) is 3. The van der Waals surface area contributed by atoms with E-state index < -0.39 is 30.3 Å². The fraction of sp³-hybridized carbons (Fsp3) is 0.393. The molecule has 0 aliphatic carbocycles. The van der Waals surface area contributed by atoms with Gasteiger partial charge in [-0.15, -0.1) is 0 Å². The van der Waals surface area contributed by atoms with Crippen LogP contribution < -0.4 is 29.6 Å². The van der Waals surface area contributed by atoms with Crippen molar-refractivity contribution in [3.8, 4) is 23.0 Å². The third kappa shape index (κ3) is 8.37. The van der Waals surface area contributed by atoms with Crippen LogP contribution in [0.4, 0.5) is 10.5 Å². The first kappa shape index (κ1) is 31.0. The van der Waals surface area contributed by atoms with E-state index in [4.69, 9.17) is 23.7 Å². The van der Waals surface area contributed by atoms with E-state index in [1.807, 2.05) is 0 Å². The summed E-state index contributed by atoms with van der Waals surface area (Å²) in [4.78, 5) is 38.1. The number of carbonyl (C=O) groups excluding carboxylic acids is 3. The number of benzene rings is 2. The normalized spacial score (nSPS) is 12.2. The van der Waals surface area contributed by atoms with Crippen LogP contribution in [0.25, 0.3) is 6.08 Å². The summed E-state index contributed by atoms with van der Waals surface area (Å²) in [5, 5.41) is 14.6. The van der Waals surface area contributed by atoms with Crippen molar-refractivity contribution in [3.63, 3.8) is 0 Å². The van der Waals surface area contributed by atoms with Crippen LogP contribution in [0, 0.1) is 0 Å². The minimum atomic E-state index is -1.27. The average molecular weight is 545 g/mol. The number of amides is 2. The smallest absolute Gasteiger partial charge is 0.408 e. The summed E-state index contributed by atoms with van der Waals surface area (Å²) in [5.74, 6) is 0.437. The molecule has 2 aromatic rings. The summed E-state index contributed by atoms with van der Waals surface area (Å²) in [6.07, 6.45) is 0.796. The van der Waals surface area contributed by atoms with Gasteiger partial charge in [0.25, 0.3) is 0 Å². The minimum absolute atomic E-state index is 0.272. The van der Waals surface area contributed by atoms with Crippen LogP contribution in [0.3, 0.4) is 0 Å². The highest BCUT2D eigenvalue weighted by Gasteiger charge is 2.25. The number of ketones is 1. The van der Waals surface area contributed by atoms with Crippen molar-refractivity contribution in [2.75, 3.05) is 40.4 Å². The van der Waals surface area contributed by atoms with E-state index >= 15 is 0 Å². The molecule has 0 spiro atoms. The molecular weight excluding hydrogens is 508 g/mol. The van der Waals surface area contributed by atoms with Gasteiger partial charge in [0.05, 0.1) is 40.7 Å². The lowest BCUT2D eigenvalue weighted by molar-refractivity contribution is -0.119. The number of hydrogen-bond acceptors (Lipinski definition) is 9. The molecule has 0 unspecified atom stereocenters. The Labute approximate surface area is 228 Å². The quantitative estimate of drug-likeness (QED) is 0.284. The number of carbonyl (C=O) groups is 3. The molecule has 0 fully saturated rings. The van der Waals surface area contributed by atoms with Gasteiger partial charge in [-0.2, -0.15) is 0 Å². The molecule has 2 aromatic carbocycles.